The lowest BCUT2D eigenvalue weighted by Crippen LogP contribution is -2.45. The first-order valence-corrected chi connectivity index (χ1v) is 25.3. The van der Waals surface area contributed by atoms with E-state index in [9.17, 15) is 19.4 Å². The highest BCUT2D eigenvalue weighted by Gasteiger charge is 2.23. The zero-order valence-corrected chi connectivity index (χ0v) is 38.9. The molecule has 0 aliphatic rings. The smallest absolute Gasteiger partial charge is 0.268 e. The van der Waals surface area contributed by atoms with Gasteiger partial charge in [0.25, 0.3) is 7.82 Å². The van der Waals surface area contributed by atoms with Crippen LogP contribution in [-0.2, 0) is 18.4 Å². The molecule has 0 aliphatic heterocycles. The quantitative estimate of drug-likeness (QED) is 0.0274. The van der Waals surface area contributed by atoms with E-state index in [0.717, 1.165) is 51.4 Å². The first-order chi connectivity index (χ1) is 27.5. The van der Waals surface area contributed by atoms with Crippen molar-refractivity contribution in [2.45, 2.75) is 225 Å². The molecule has 1 amide bonds. The van der Waals surface area contributed by atoms with Gasteiger partial charge >= 0.3 is 0 Å². The lowest BCUT2D eigenvalue weighted by Gasteiger charge is -2.29. The normalized spacial score (nSPS) is 14.6. The molecule has 0 radical (unpaired) electrons. The number of nitrogens with one attached hydrogen (secondary N) is 1. The minimum absolute atomic E-state index is 0.00776. The first kappa shape index (κ1) is 55.7. The molecule has 336 valence electrons. The molecule has 0 aromatic heterocycles. The fourth-order valence-corrected chi connectivity index (χ4v) is 7.47. The summed E-state index contributed by atoms with van der Waals surface area (Å²) >= 11 is 0. The molecule has 3 atom stereocenters. The van der Waals surface area contributed by atoms with Gasteiger partial charge in [0.15, 0.2) is 0 Å². The first-order valence-electron chi connectivity index (χ1n) is 23.9. The van der Waals surface area contributed by atoms with Crippen LogP contribution in [0.5, 0.6) is 0 Å². The number of unbranched alkanes of at least 4 members (excludes halogenated alkanes) is 26. The van der Waals surface area contributed by atoms with Crippen molar-refractivity contribution < 1.29 is 32.9 Å². The molecule has 0 aliphatic carbocycles. The average molecular weight is 825 g/mol. The summed E-state index contributed by atoms with van der Waals surface area (Å²) in [6, 6.07) is -0.906. The van der Waals surface area contributed by atoms with Crippen LogP contribution in [-0.4, -0.2) is 68.5 Å². The topological polar surface area (TPSA) is 108 Å². The van der Waals surface area contributed by atoms with Crippen LogP contribution in [0.3, 0.4) is 0 Å². The van der Waals surface area contributed by atoms with Gasteiger partial charge in [0.1, 0.15) is 13.2 Å². The summed E-state index contributed by atoms with van der Waals surface area (Å²) in [5.41, 5.74) is 0. The Balaban J connectivity index is 4.43. The Bertz CT molecular complexity index is 1030. The van der Waals surface area contributed by atoms with Crippen LogP contribution < -0.4 is 10.2 Å². The van der Waals surface area contributed by atoms with Crippen molar-refractivity contribution in [3.63, 3.8) is 0 Å². The van der Waals surface area contributed by atoms with E-state index in [4.69, 9.17) is 9.05 Å². The third-order valence-electron chi connectivity index (χ3n) is 10.6. The van der Waals surface area contributed by atoms with Crippen molar-refractivity contribution in [1.82, 2.24) is 5.32 Å². The highest BCUT2D eigenvalue weighted by Crippen LogP contribution is 2.38. The standard InChI is InChI=1S/C48H93N2O6P/c1-6-8-10-12-14-16-18-20-22-24-26-28-30-32-34-36-38-40-42-48(52)49-46(45-56-57(53,54)55-44-43-50(3,4)5)47(51)41-39-37-35-33-31-29-27-25-23-21-19-17-15-13-11-9-7-2/h26,28,31,33,39,41,46-47,51H,6-25,27,29-30,32,34-38,40,42-45H2,1-5H3,(H-,49,52,53,54)/b28-26-,33-31+,41-39+. The zero-order valence-electron chi connectivity index (χ0n) is 38.0. The molecule has 0 rings (SSSR count). The van der Waals surface area contributed by atoms with Crippen LogP contribution in [0.15, 0.2) is 36.5 Å². The van der Waals surface area contributed by atoms with Gasteiger partial charge in [-0.25, -0.2) is 0 Å². The maximum Gasteiger partial charge on any atom is 0.268 e. The lowest BCUT2D eigenvalue weighted by atomic mass is 10.1. The number of amides is 1. The molecule has 0 aromatic carbocycles. The molecular formula is C48H93N2O6P. The molecule has 0 bridgehead atoms. The van der Waals surface area contributed by atoms with Crippen molar-refractivity contribution in [2.75, 3.05) is 40.9 Å². The maximum atomic E-state index is 12.9. The summed E-state index contributed by atoms with van der Waals surface area (Å²) in [5, 5.41) is 13.8. The number of allylic oxidation sites excluding steroid dienone is 5. The summed E-state index contributed by atoms with van der Waals surface area (Å²) in [6.45, 7) is 4.62. The third kappa shape index (κ3) is 42.6. The van der Waals surface area contributed by atoms with E-state index < -0.39 is 26.6 Å². The number of phosphoric acid groups is 1. The maximum absolute atomic E-state index is 12.9. The largest absolute Gasteiger partial charge is 0.756 e. The van der Waals surface area contributed by atoms with Crippen molar-refractivity contribution in [1.29, 1.82) is 0 Å². The number of carbonyl (C=O) groups excluding carboxylic acids is 1. The Morgan fingerprint density at radius 2 is 0.982 bits per heavy atom. The molecule has 0 heterocycles. The van der Waals surface area contributed by atoms with Gasteiger partial charge in [-0.3, -0.25) is 9.36 Å². The second kappa shape index (κ2) is 40.1. The van der Waals surface area contributed by atoms with Crippen LogP contribution >= 0.6 is 7.82 Å². The van der Waals surface area contributed by atoms with E-state index in [0.29, 0.717) is 17.4 Å². The van der Waals surface area contributed by atoms with Gasteiger partial charge in [-0.1, -0.05) is 185 Å². The number of likely N-dealkylation sites (N-methyl/N-ethyl adjacent to an activating group) is 1. The predicted molar refractivity (Wildman–Crippen MR) is 242 cm³/mol. The van der Waals surface area contributed by atoms with Gasteiger partial charge in [-0.2, -0.15) is 0 Å². The van der Waals surface area contributed by atoms with E-state index in [1.807, 2.05) is 27.2 Å². The second-order valence-electron chi connectivity index (χ2n) is 17.5. The van der Waals surface area contributed by atoms with Gasteiger partial charge < -0.3 is 28.8 Å². The molecule has 8 nitrogen and oxygen atoms in total. The van der Waals surface area contributed by atoms with Gasteiger partial charge in [0.2, 0.25) is 5.91 Å². The molecule has 0 spiro atoms. The Morgan fingerprint density at radius 1 is 0.596 bits per heavy atom. The molecule has 3 unspecified atom stereocenters. The van der Waals surface area contributed by atoms with E-state index >= 15 is 0 Å². The number of aliphatic hydroxyl groups is 1. The van der Waals surface area contributed by atoms with Crippen molar-refractivity contribution in [3.8, 4) is 0 Å². The fraction of sp³-hybridized carbons (Fsp3) is 0.854. The van der Waals surface area contributed by atoms with Crippen LogP contribution in [0.1, 0.15) is 213 Å². The molecule has 2 N–H and O–H groups in total. The van der Waals surface area contributed by atoms with E-state index in [1.54, 1.807) is 6.08 Å². The van der Waals surface area contributed by atoms with Gasteiger partial charge in [-0.05, 0) is 57.8 Å². The van der Waals surface area contributed by atoms with Gasteiger partial charge in [0.05, 0.1) is 39.9 Å². The number of carbonyl (C=O) groups is 1. The average Bonchev–Trinajstić information content (AvgIpc) is 3.16. The van der Waals surface area contributed by atoms with Crippen LogP contribution in [0, 0.1) is 0 Å². The molecule has 57 heavy (non-hydrogen) atoms. The Hall–Kier alpha value is -1.28. The van der Waals surface area contributed by atoms with Crippen molar-refractivity contribution in [3.05, 3.63) is 36.5 Å². The third-order valence-corrected chi connectivity index (χ3v) is 11.5. The molecule has 0 fully saturated rings. The highest BCUT2D eigenvalue weighted by molar-refractivity contribution is 7.45. The van der Waals surface area contributed by atoms with Gasteiger partial charge in [0, 0.05) is 6.42 Å². The lowest BCUT2D eigenvalue weighted by molar-refractivity contribution is -0.870. The minimum atomic E-state index is -4.60. The van der Waals surface area contributed by atoms with E-state index in [-0.39, 0.29) is 12.5 Å². The number of aliphatic hydroxyl groups excluding tert-OH is 1. The molecule has 0 saturated heterocycles. The predicted octanol–water partition coefficient (Wildman–Crippen LogP) is 12.8. The summed E-state index contributed by atoms with van der Waals surface area (Å²) in [4.78, 5) is 25.3. The fourth-order valence-electron chi connectivity index (χ4n) is 6.75. The van der Waals surface area contributed by atoms with Crippen LogP contribution in [0.2, 0.25) is 0 Å². The van der Waals surface area contributed by atoms with Crippen molar-refractivity contribution in [2.24, 2.45) is 0 Å². The minimum Gasteiger partial charge on any atom is -0.756 e. The van der Waals surface area contributed by atoms with E-state index in [2.05, 4.69) is 43.5 Å². The summed E-state index contributed by atoms with van der Waals surface area (Å²) in [5.74, 6) is -0.215. The summed E-state index contributed by atoms with van der Waals surface area (Å²) in [7, 11) is 1.24. The Morgan fingerprint density at radius 3 is 1.42 bits per heavy atom. The number of nitrogens with zero attached hydrogens (tertiary/aromatic N) is 1. The monoisotopic (exact) mass is 825 g/mol. The number of rotatable bonds is 43. The highest BCUT2D eigenvalue weighted by atomic mass is 31.2. The van der Waals surface area contributed by atoms with Gasteiger partial charge in [-0.15, -0.1) is 0 Å². The molecule has 0 aromatic rings. The molecule has 0 saturated carbocycles. The second-order valence-corrected chi connectivity index (χ2v) is 18.9. The number of hydrogen-bond acceptors (Lipinski definition) is 6. The van der Waals surface area contributed by atoms with Crippen molar-refractivity contribution >= 4 is 13.7 Å². The summed E-state index contributed by atoms with van der Waals surface area (Å²) in [6.07, 6.45) is 49.1. The SMILES string of the molecule is CCCCCCCCCCC/C=C\CCCCCCCC(=O)NC(COP(=O)([O-])OCC[N+](C)(C)C)C(O)/C=C/CC/C=C/CCCCCCCCCCCCC. The van der Waals surface area contributed by atoms with Crippen LogP contribution in [0.25, 0.3) is 0 Å². The van der Waals surface area contributed by atoms with E-state index in [1.165, 1.54) is 141 Å². The van der Waals surface area contributed by atoms with Crippen LogP contribution in [0.4, 0.5) is 0 Å². The number of quaternary nitrogens is 1. The number of phosphoric ester groups is 1. The Kier molecular flexibility index (Phi) is 39.2. The summed E-state index contributed by atoms with van der Waals surface area (Å²) < 4.78 is 23.2. The zero-order chi connectivity index (χ0) is 42.1. The molecular weight excluding hydrogens is 732 g/mol. The Labute approximate surface area is 353 Å². The molecule has 9 heteroatoms. The number of hydrogen-bond donors (Lipinski definition) is 2.